The molecule has 0 aliphatic carbocycles. The minimum Gasteiger partial charge on any atom is -0.392 e. The lowest BCUT2D eigenvalue weighted by atomic mass is 9.86. The fourth-order valence-corrected chi connectivity index (χ4v) is 2.32. The van der Waals surface area contributed by atoms with Crippen LogP contribution in [0.15, 0.2) is 0 Å². The Kier molecular flexibility index (Phi) is 5.62. The molecule has 1 fully saturated rings. The normalized spacial score (nSPS) is 23.2. The summed E-state index contributed by atoms with van der Waals surface area (Å²) in [5, 5.41) is 12.6. The standard InChI is InChI=1S/C13H23NO3/c1-3-5-6-9(11(15)4-2)13(17)10-7-8-12(16)14-10/h9-11,15H,3-8H2,1-2H3,(H,14,16)/t9?,10-,11?/m0/s1. The summed E-state index contributed by atoms with van der Waals surface area (Å²) >= 11 is 0. The molecule has 0 spiro atoms. The van der Waals surface area contributed by atoms with Crippen molar-refractivity contribution in [1.29, 1.82) is 0 Å². The topological polar surface area (TPSA) is 66.4 Å². The number of amides is 1. The van der Waals surface area contributed by atoms with Crippen molar-refractivity contribution in [2.24, 2.45) is 5.92 Å². The average molecular weight is 241 g/mol. The number of carbonyl (C=O) groups excluding carboxylic acids is 2. The number of hydrogen-bond donors (Lipinski definition) is 2. The van der Waals surface area contributed by atoms with Gasteiger partial charge in [0.2, 0.25) is 5.91 Å². The Morgan fingerprint density at radius 3 is 2.71 bits per heavy atom. The van der Waals surface area contributed by atoms with E-state index in [9.17, 15) is 14.7 Å². The number of Topliss-reactive ketones (excluding diaryl/α,β-unsaturated/α-hetero) is 1. The molecule has 98 valence electrons. The number of nitrogens with one attached hydrogen (secondary N) is 1. The van der Waals surface area contributed by atoms with Gasteiger partial charge in [-0.15, -0.1) is 0 Å². The van der Waals surface area contributed by atoms with Gasteiger partial charge in [0.25, 0.3) is 0 Å². The molecule has 0 radical (unpaired) electrons. The van der Waals surface area contributed by atoms with Gasteiger partial charge in [0.1, 0.15) is 0 Å². The second-order valence-electron chi connectivity index (χ2n) is 4.79. The molecule has 2 N–H and O–H groups in total. The molecule has 4 heteroatoms. The van der Waals surface area contributed by atoms with Gasteiger partial charge in [-0.2, -0.15) is 0 Å². The average Bonchev–Trinajstić information content (AvgIpc) is 2.75. The lowest BCUT2D eigenvalue weighted by Gasteiger charge is -2.23. The molecular weight excluding hydrogens is 218 g/mol. The van der Waals surface area contributed by atoms with Gasteiger partial charge in [-0.1, -0.05) is 26.7 Å². The van der Waals surface area contributed by atoms with E-state index in [1.807, 2.05) is 6.92 Å². The Balaban J connectivity index is 2.61. The zero-order valence-corrected chi connectivity index (χ0v) is 10.7. The van der Waals surface area contributed by atoms with Crippen LogP contribution in [0.2, 0.25) is 0 Å². The zero-order chi connectivity index (χ0) is 12.8. The Bertz CT molecular complexity index is 278. The maximum atomic E-state index is 12.2. The van der Waals surface area contributed by atoms with Crippen LogP contribution in [0.25, 0.3) is 0 Å². The molecule has 0 aromatic rings. The van der Waals surface area contributed by atoms with Crippen LogP contribution in [0, 0.1) is 5.92 Å². The Labute approximate surface area is 103 Å². The van der Waals surface area contributed by atoms with Crippen LogP contribution in [0.4, 0.5) is 0 Å². The molecular formula is C13H23NO3. The summed E-state index contributed by atoms with van der Waals surface area (Å²) in [6.07, 6.45) is 3.69. The van der Waals surface area contributed by atoms with Crippen molar-refractivity contribution >= 4 is 11.7 Å². The van der Waals surface area contributed by atoms with Gasteiger partial charge < -0.3 is 10.4 Å². The van der Waals surface area contributed by atoms with Crippen molar-refractivity contribution in [2.75, 3.05) is 0 Å². The van der Waals surface area contributed by atoms with E-state index in [1.54, 1.807) is 0 Å². The summed E-state index contributed by atoms with van der Waals surface area (Å²) in [6.45, 7) is 3.95. The molecule has 1 saturated heterocycles. The van der Waals surface area contributed by atoms with E-state index in [2.05, 4.69) is 12.2 Å². The van der Waals surface area contributed by atoms with E-state index in [4.69, 9.17) is 0 Å². The largest absolute Gasteiger partial charge is 0.392 e. The summed E-state index contributed by atoms with van der Waals surface area (Å²) in [5.74, 6) is -0.356. The smallest absolute Gasteiger partial charge is 0.220 e. The molecule has 1 amide bonds. The van der Waals surface area contributed by atoms with Crippen LogP contribution in [-0.2, 0) is 9.59 Å². The molecule has 4 nitrogen and oxygen atoms in total. The van der Waals surface area contributed by atoms with E-state index in [1.165, 1.54) is 0 Å². The van der Waals surface area contributed by atoms with Crippen molar-refractivity contribution in [3.8, 4) is 0 Å². The number of ketones is 1. The molecule has 17 heavy (non-hydrogen) atoms. The molecule has 1 aliphatic rings. The molecule has 0 bridgehead atoms. The first-order chi connectivity index (χ1) is 8.10. The summed E-state index contributed by atoms with van der Waals surface area (Å²) in [5.41, 5.74) is 0. The van der Waals surface area contributed by atoms with E-state index in [0.29, 0.717) is 19.3 Å². The van der Waals surface area contributed by atoms with Gasteiger partial charge in [-0.05, 0) is 19.3 Å². The van der Waals surface area contributed by atoms with Gasteiger partial charge in [0, 0.05) is 12.3 Å². The van der Waals surface area contributed by atoms with Gasteiger partial charge in [-0.3, -0.25) is 9.59 Å². The fraction of sp³-hybridized carbons (Fsp3) is 0.846. The number of aliphatic hydroxyl groups is 1. The molecule has 2 unspecified atom stereocenters. The third-order valence-electron chi connectivity index (χ3n) is 3.46. The number of aliphatic hydroxyl groups excluding tert-OH is 1. The first-order valence-electron chi connectivity index (χ1n) is 6.61. The zero-order valence-electron chi connectivity index (χ0n) is 10.7. The van der Waals surface area contributed by atoms with Crippen LogP contribution in [0.5, 0.6) is 0 Å². The lowest BCUT2D eigenvalue weighted by Crippen LogP contribution is -2.41. The van der Waals surface area contributed by atoms with E-state index in [-0.39, 0.29) is 23.7 Å². The van der Waals surface area contributed by atoms with Crippen molar-refractivity contribution in [3.05, 3.63) is 0 Å². The van der Waals surface area contributed by atoms with E-state index in [0.717, 1.165) is 19.3 Å². The van der Waals surface area contributed by atoms with Crippen molar-refractivity contribution in [3.63, 3.8) is 0 Å². The molecule has 0 aromatic carbocycles. The first-order valence-corrected chi connectivity index (χ1v) is 6.61. The van der Waals surface area contributed by atoms with Crippen LogP contribution in [-0.4, -0.2) is 28.9 Å². The summed E-state index contributed by atoms with van der Waals surface area (Å²) in [6, 6.07) is -0.370. The monoisotopic (exact) mass is 241 g/mol. The molecule has 0 saturated carbocycles. The highest BCUT2D eigenvalue weighted by molar-refractivity contribution is 5.93. The van der Waals surface area contributed by atoms with Crippen LogP contribution < -0.4 is 5.32 Å². The summed E-state index contributed by atoms with van der Waals surface area (Å²) in [7, 11) is 0. The van der Waals surface area contributed by atoms with E-state index < -0.39 is 6.10 Å². The van der Waals surface area contributed by atoms with Crippen molar-refractivity contribution in [1.82, 2.24) is 5.32 Å². The highest BCUT2D eigenvalue weighted by Crippen LogP contribution is 2.21. The van der Waals surface area contributed by atoms with Crippen LogP contribution in [0.1, 0.15) is 52.4 Å². The highest BCUT2D eigenvalue weighted by Gasteiger charge is 2.34. The number of hydrogen-bond acceptors (Lipinski definition) is 3. The SMILES string of the molecule is CCCCC(C(=O)[C@@H]1CCC(=O)N1)C(O)CC. The maximum Gasteiger partial charge on any atom is 0.220 e. The second kappa shape index (κ2) is 6.74. The van der Waals surface area contributed by atoms with Gasteiger partial charge in [0.15, 0.2) is 5.78 Å². The predicted molar refractivity (Wildman–Crippen MR) is 65.5 cm³/mol. The Morgan fingerprint density at radius 1 is 1.53 bits per heavy atom. The molecule has 1 heterocycles. The minimum atomic E-state index is -0.577. The summed E-state index contributed by atoms with van der Waals surface area (Å²) < 4.78 is 0. The van der Waals surface area contributed by atoms with Gasteiger partial charge >= 0.3 is 0 Å². The number of unbranched alkanes of at least 4 members (excludes halogenated alkanes) is 1. The third-order valence-corrected chi connectivity index (χ3v) is 3.46. The summed E-state index contributed by atoms with van der Waals surface area (Å²) in [4.78, 5) is 23.3. The minimum absolute atomic E-state index is 0.0126. The van der Waals surface area contributed by atoms with E-state index >= 15 is 0 Å². The van der Waals surface area contributed by atoms with Gasteiger partial charge in [-0.25, -0.2) is 0 Å². The molecule has 0 aromatic heterocycles. The van der Waals surface area contributed by atoms with Gasteiger partial charge in [0.05, 0.1) is 12.1 Å². The van der Waals surface area contributed by atoms with Crippen LogP contribution in [0.3, 0.4) is 0 Å². The third kappa shape index (κ3) is 3.80. The molecule has 1 rings (SSSR count). The lowest BCUT2D eigenvalue weighted by molar-refractivity contribution is -0.130. The quantitative estimate of drug-likeness (QED) is 0.708. The Morgan fingerprint density at radius 2 is 2.24 bits per heavy atom. The first kappa shape index (κ1) is 14.2. The Hall–Kier alpha value is -0.900. The van der Waals surface area contributed by atoms with Crippen molar-refractivity contribution < 1.29 is 14.7 Å². The second-order valence-corrected chi connectivity index (χ2v) is 4.79. The number of rotatable bonds is 7. The van der Waals surface area contributed by atoms with Crippen molar-refractivity contribution in [2.45, 2.75) is 64.5 Å². The number of carbonyl (C=O) groups is 2. The molecule has 1 aliphatic heterocycles. The molecule has 3 atom stereocenters. The predicted octanol–water partition coefficient (Wildman–Crippen LogP) is 1.41. The van der Waals surface area contributed by atoms with Crippen LogP contribution >= 0.6 is 0 Å². The highest BCUT2D eigenvalue weighted by atomic mass is 16.3. The fourth-order valence-electron chi connectivity index (χ4n) is 2.32. The maximum absolute atomic E-state index is 12.2.